The number of carbonyl (C=O) groups is 1. The first-order valence-corrected chi connectivity index (χ1v) is 7.27. The molecule has 114 valence electrons. The van der Waals surface area contributed by atoms with Gasteiger partial charge in [0.05, 0.1) is 14.2 Å². The lowest BCUT2D eigenvalue weighted by atomic mass is 10.1. The number of allylic oxidation sites excluding steroid dienone is 1. The van der Waals surface area contributed by atoms with Gasteiger partial charge in [0.1, 0.15) is 5.75 Å². The number of phenolic OH excluding ortho intramolecular Hbond substituents is 1. The summed E-state index contributed by atoms with van der Waals surface area (Å²) in [5.74, 6) is 0.742. The highest BCUT2D eigenvalue weighted by molar-refractivity contribution is 9.10. The van der Waals surface area contributed by atoms with E-state index < -0.39 is 0 Å². The highest BCUT2D eigenvalue weighted by Gasteiger charge is 2.08. The molecule has 0 aromatic heterocycles. The molecule has 0 radical (unpaired) electrons. The average molecular weight is 363 g/mol. The van der Waals surface area contributed by atoms with Crippen LogP contribution < -0.4 is 9.47 Å². The van der Waals surface area contributed by atoms with Gasteiger partial charge in [-0.1, -0.05) is 15.9 Å². The highest BCUT2D eigenvalue weighted by atomic mass is 79.9. The maximum Gasteiger partial charge on any atom is 0.185 e. The van der Waals surface area contributed by atoms with Gasteiger partial charge in [-0.2, -0.15) is 0 Å². The van der Waals surface area contributed by atoms with Crippen molar-refractivity contribution in [2.75, 3.05) is 14.2 Å². The molecule has 0 heterocycles. The minimum atomic E-state index is -0.194. The number of methoxy groups -OCH3 is 2. The first-order valence-electron chi connectivity index (χ1n) is 6.48. The van der Waals surface area contributed by atoms with Crippen molar-refractivity contribution in [2.24, 2.45) is 0 Å². The highest BCUT2D eigenvalue weighted by Crippen LogP contribution is 2.27. The lowest BCUT2D eigenvalue weighted by Crippen LogP contribution is -1.95. The van der Waals surface area contributed by atoms with Crippen LogP contribution in [0, 0.1) is 0 Å². The van der Waals surface area contributed by atoms with Crippen LogP contribution in [-0.2, 0) is 0 Å². The van der Waals surface area contributed by atoms with E-state index in [1.807, 2.05) is 18.2 Å². The maximum absolute atomic E-state index is 12.2. The van der Waals surface area contributed by atoms with Crippen molar-refractivity contribution in [1.29, 1.82) is 0 Å². The number of aromatic hydroxyl groups is 1. The molecule has 0 aliphatic rings. The lowest BCUT2D eigenvalue weighted by molar-refractivity contribution is 0.104. The predicted molar refractivity (Wildman–Crippen MR) is 88.7 cm³/mol. The predicted octanol–water partition coefficient (Wildman–Crippen LogP) is 4.07. The third-order valence-corrected chi connectivity index (χ3v) is 3.56. The molecule has 5 heteroatoms. The molecule has 0 fully saturated rings. The van der Waals surface area contributed by atoms with Crippen molar-refractivity contribution in [1.82, 2.24) is 0 Å². The summed E-state index contributed by atoms with van der Waals surface area (Å²) in [6, 6.07) is 10.0. The molecule has 0 saturated carbocycles. The van der Waals surface area contributed by atoms with Crippen LogP contribution >= 0.6 is 15.9 Å². The molecule has 0 spiro atoms. The summed E-state index contributed by atoms with van der Waals surface area (Å²) in [5.41, 5.74) is 1.22. The van der Waals surface area contributed by atoms with Crippen molar-refractivity contribution in [3.63, 3.8) is 0 Å². The van der Waals surface area contributed by atoms with Gasteiger partial charge >= 0.3 is 0 Å². The minimum absolute atomic E-state index is 0.00307. The number of hydrogen-bond donors (Lipinski definition) is 1. The van der Waals surface area contributed by atoms with E-state index in [1.54, 1.807) is 19.3 Å². The number of phenols is 1. The Labute approximate surface area is 137 Å². The first kappa shape index (κ1) is 16.1. The third kappa shape index (κ3) is 3.68. The molecule has 0 saturated heterocycles. The molecule has 2 aromatic carbocycles. The Kier molecular flexibility index (Phi) is 5.22. The van der Waals surface area contributed by atoms with E-state index in [-0.39, 0.29) is 17.3 Å². The zero-order chi connectivity index (χ0) is 16.1. The Bertz CT molecular complexity index is 723. The molecule has 4 nitrogen and oxygen atoms in total. The van der Waals surface area contributed by atoms with E-state index >= 15 is 0 Å². The summed E-state index contributed by atoms with van der Waals surface area (Å²) in [4.78, 5) is 12.2. The molecular weight excluding hydrogens is 348 g/mol. The Hall–Kier alpha value is -2.27. The van der Waals surface area contributed by atoms with Crippen LogP contribution in [-0.4, -0.2) is 25.1 Å². The second-order valence-electron chi connectivity index (χ2n) is 4.47. The Balaban J connectivity index is 2.27. The zero-order valence-electron chi connectivity index (χ0n) is 12.2. The number of carbonyl (C=O) groups excluding carboxylic acids is 1. The number of ether oxygens (including phenoxy) is 2. The minimum Gasteiger partial charge on any atom is -0.504 e. The van der Waals surface area contributed by atoms with Crippen molar-refractivity contribution in [2.45, 2.75) is 0 Å². The van der Waals surface area contributed by atoms with Gasteiger partial charge in [0.2, 0.25) is 0 Å². The topological polar surface area (TPSA) is 55.8 Å². The number of ketones is 1. The average Bonchev–Trinajstić information content (AvgIpc) is 2.53. The van der Waals surface area contributed by atoms with Gasteiger partial charge in [0, 0.05) is 15.6 Å². The zero-order valence-corrected chi connectivity index (χ0v) is 13.8. The smallest absolute Gasteiger partial charge is 0.185 e. The van der Waals surface area contributed by atoms with Crippen molar-refractivity contribution in [3.8, 4) is 17.2 Å². The van der Waals surface area contributed by atoms with Gasteiger partial charge < -0.3 is 14.6 Å². The fourth-order valence-electron chi connectivity index (χ4n) is 1.93. The summed E-state index contributed by atoms with van der Waals surface area (Å²) in [6.07, 6.45) is 3.14. The molecule has 0 aliphatic heterocycles. The van der Waals surface area contributed by atoms with Crippen LogP contribution in [0.25, 0.3) is 6.08 Å². The lowest BCUT2D eigenvalue weighted by Gasteiger charge is -2.06. The van der Waals surface area contributed by atoms with Crippen LogP contribution in [0.15, 0.2) is 46.9 Å². The van der Waals surface area contributed by atoms with Crippen molar-refractivity contribution in [3.05, 3.63) is 58.1 Å². The van der Waals surface area contributed by atoms with Crippen molar-refractivity contribution < 1.29 is 19.4 Å². The monoisotopic (exact) mass is 362 g/mol. The van der Waals surface area contributed by atoms with Crippen LogP contribution in [0.2, 0.25) is 0 Å². The molecule has 1 N–H and O–H groups in total. The second-order valence-corrected chi connectivity index (χ2v) is 5.39. The number of halogens is 1. The molecule has 22 heavy (non-hydrogen) atoms. The van der Waals surface area contributed by atoms with Crippen LogP contribution in [0.3, 0.4) is 0 Å². The normalized spacial score (nSPS) is 10.7. The standard InChI is InChI=1S/C17H15BrO4/c1-21-16-8-5-13(18)9-12(16)4-6-14(19)11-3-7-15(20)17(10-11)22-2/h3-10,20H,1-2H3. The van der Waals surface area contributed by atoms with Crippen LogP contribution in [0.5, 0.6) is 17.2 Å². The number of hydrogen-bond acceptors (Lipinski definition) is 4. The maximum atomic E-state index is 12.2. The van der Waals surface area contributed by atoms with E-state index in [0.717, 1.165) is 10.0 Å². The Morgan fingerprint density at radius 2 is 1.82 bits per heavy atom. The van der Waals surface area contributed by atoms with Gasteiger partial charge in [0.25, 0.3) is 0 Å². The Morgan fingerprint density at radius 1 is 1.09 bits per heavy atom. The van der Waals surface area contributed by atoms with Gasteiger partial charge in [-0.15, -0.1) is 0 Å². The summed E-state index contributed by atoms with van der Waals surface area (Å²) < 4.78 is 11.1. The van der Waals surface area contributed by atoms with E-state index in [2.05, 4.69) is 15.9 Å². The molecule has 2 rings (SSSR count). The summed E-state index contributed by atoms with van der Waals surface area (Å²) in [5, 5.41) is 9.55. The molecule has 0 aliphatic carbocycles. The molecule has 0 atom stereocenters. The number of rotatable bonds is 5. The van der Waals surface area contributed by atoms with Gasteiger partial charge in [-0.05, 0) is 48.6 Å². The quantitative estimate of drug-likeness (QED) is 0.643. The molecule has 2 aromatic rings. The molecule has 0 unspecified atom stereocenters. The van der Waals surface area contributed by atoms with Gasteiger partial charge in [0.15, 0.2) is 17.3 Å². The Morgan fingerprint density at radius 3 is 2.50 bits per heavy atom. The largest absolute Gasteiger partial charge is 0.504 e. The molecule has 0 bridgehead atoms. The number of benzene rings is 2. The van der Waals surface area contributed by atoms with Gasteiger partial charge in [-0.25, -0.2) is 0 Å². The van der Waals surface area contributed by atoms with E-state index in [4.69, 9.17) is 9.47 Å². The molecule has 0 amide bonds. The van der Waals surface area contributed by atoms with E-state index in [0.29, 0.717) is 11.3 Å². The summed E-state index contributed by atoms with van der Waals surface area (Å²) >= 11 is 3.39. The van der Waals surface area contributed by atoms with Crippen molar-refractivity contribution >= 4 is 27.8 Å². The summed E-state index contributed by atoms with van der Waals surface area (Å²) in [6.45, 7) is 0. The van der Waals surface area contributed by atoms with E-state index in [9.17, 15) is 9.90 Å². The van der Waals surface area contributed by atoms with E-state index in [1.165, 1.54) is 25.3 Å². The fraction of sp³-hybridized carbons (Fsp3) is 0.118. The fourth-order valence-corrected chi connectivity index (χ4v) is 2.31. The molecular formula is C17H15BrO4. The first-order chi connectivity index (χ1) is 10.5. The second kappa shape index (κ2) is 7.13. The van der Waals surface area contributed by atoms with Crippen LogP contribution in [0.1, 0.15) is 15.9 Å². The van der Waals surface area contributed by atoms with Crippen LogP contribution in [0.4, 0.5) is 0 Å². The third-order valence-electron chi connectivity index (χ3n) is 3.07. The summed E-state index contributed by atoms with van der Waals surface area (Å²) in [7, 11) is 3.01. The SMILES string of the molecule is COc1cc(C(=O)C=Cc2cc(Br)ccc2OC)ccc1O. The van der Waals surface area contributed by atoms with Gasteiger partial charge in [-0.3, -0.25) is 4.79 Å².